The molecular formula is C34H53NO. The van der Waals surface area contributed by atoms with Gasteiger partial charge in [-0.3, -0.25) is 4.98 Å². The van der Waals surface area contributed by atoms with Crippen LogP contribution in [0.3, 0.4) is 0 Å². The smallest absolute Gasteiger partial charge is 0.119 e. The minimum Gasteiger partial charge on any atom is -0.494 e. The van der Waals surface area contributed by atoms with E-state index in [1.54, 1.807) is 0 Å². The van der Waals surface area contributed by atoms with Gasteiger partial charge in [0.25, 0.3) is 0 Å². The van der Waals surface area contributed by atoms with E-state index in [4.69, 9.17) is 9.72 Å². The van der Waals surface area contributed by atoms with Gasteiger partial charge in [-0.15, -0.1) is 0 Å². The van der Waals surface area contributed by atoms with Gasteiger partial charge in [0.1, 0.15) is 5.75 Å². The molecule has 0 radical (unpaired) electrons. The summed E-state index contributed by atoms with van der Waals surface area (Å²) < 4.78 is 6.00. The molecule has 0 amide bonds. The summed E-state index contributed by atoms with van der Waals surface area (Å²) in [5.41, 5.74) is 3.60. The zero-order chi connectivity index (χ0) is 25.4. The van der Waals surface area contributed by atoms with Gasteiger partial charge in [0.05, 0.1) is 12.3 Å². The van der Waals surface area contributed by atoms with Crippen molar-refractivity contribution >= 4 is 0 Å². The summed E-state index contributed by atoms with van der Waals surface area (Å²) in [5, 5.41) is 0. The van der Waals surface area contributed by atoms with E-state index >= 15 is 0 Å². The molecule has 2 heteroatoms. The molecule has 2 aromatic rings. The van der Waals surface area contributed by atoms with E-state index in [0.717, 1.165) is 42.2 Å². The van der Waals surface area contributed by atoms with Crippen molar-refractivity contribution in [1.29, 1.82) is 0 Å². The SMILES string of the molecule is CCCCCC[C@H](C)CCCOc1ccc(-c2ccc(CC[C@H]3CC[C@H](CCCC)CC3)cn2)cc1. The van der Waals surface area contributed by atoms with Crippen LogP contribution in [0.15, 0.2) is 42.6 Å². The molecule has 0 spiro atoms. The Hall–Kier alpha value is -1.83. The number of unbranched alkanes of at least 4 members (excludes halogenated alkanes) is 4. The fraction of sp³-hybridized carbons (Fsp3) is 0.676. The van der Waals surface area contributed by atoms with E-state index in [9.17, 15) is 0 Å². The Morgan fingerprint density at radius 3 is 2.14 bits per heavy atom. The minimum absolute atomic E-state index is 0.811. The van der Waals surface area contributed by atoms with Gasteiger partial charge in [-0.05, 0) is 79.3 Å². The molecule has 2 nitrogen and oxygen atoms in total. The maximum absolute atomic E-state index is 6.00. The molecular weight excluding hydrogens is 438 g/mol. The number of rotatable bonds is 17. The first-order valence-electron chi connectivity index (χ1n) is 15.4. The molecule has 0 aliphatic heterocycles. The van der Waals surface area contributed by atoms with Gasteiger partial charge in [0.15, 0.2) is 0 Å². The van der Waals surface area contributed by atoms with Gasteiger partial charge in [-0.25, -0.2) is 0 Å². The summed E-state index contributed by atoms with van der Waals surface area (Å²) in [7, 11) is 0. The number of pyridine rings is 1. The number of ether oxygens (including phenoxy) is 1. The molecule has 1 heterocycles. The minimum atomic E-state index is 0.811. The fourth-order valence-electron chi connectivity index (χ4n) is 5.82. The van der Waals surface area contributed by atoms with Crippen LogP contribution >= 0.6 is 0 Å². The van der Waals surface area contributed by atoms with Crippen LogP contribution in [0.4, 0.5) is 0 Å². The molecule has 1 aromatic heterocycles. The molecule has 1 aromatic carbocycles. The molecule has 1 atom stereocenters. The van der Waals surface area contributed by atoms with E-state index in [1.165, 1.54) is 107 Å². The molecule has 0 saturated heterocycles. The highest BCUT2D eigenvalue weighted by Gasteiger charge is 2.20. The zero-order valence-corrected chi connectivity index (χ0v) is 23.6. The highest BCUT2D eigenvalue weighted by molar-refractivity contribution is 5.60. The van der Waals surface area contributed by atoms with Crippen LogP contribution in [0.25, 0.3) is 11.3 Å². The molecule has 0 N–H and O–H groups in total. The van der Waals surface area contributed by atoms with E-state index in [2.05, 4.69) is 63.4 Å². The number of nitrogens with zero attached hydrogens (tertiary/aromatic N) is 1. The topological polar surface area (TPSA) is 22.1 Å². The Kier molecular flexibility index (Phi) is 13.4. The van der Waals surface area contributed by atoms with Crippen LogP contribution in [-0.4, -0.2) is 11.6 Å². The maximum Gasteiger partial charge on any atom is 0.119 e. The fourth-order valence-corrected chi connectivity index (χ4v) is 5.82. The average molecular weight is 492 g/mol. The quantitative estimate of drug-likeness (QED) is 0.205. The van der Waals surface area contributed by atoms with Crippen molar-refractivity contribution in [2.24, 2.45) is 17.8 Å². The van der Waals surface area contributed by atoms with Crippen molar-refractivity contribution in [2.75, 3.05) is 6.61 Å². The lowest BCUT2D eigenvalue weighted by atomic mass is 9.78. The maximum atomic E-state index is 6.00. The molecule has 3 rings (SSSR count). The van der Waals surface area contributed by atoms with Crippen molar-refractivity contribution in [3.8, 4) is 17.0 Å². The van der Waals surface area contributed by atoms with Crippen molar-refractivity contribution < 1.29 is 4.74 Å². The van der Waals surface area contributed by atoms with Crippen molar-refractivity contribution in [2.45, 2.75) is 124 Å². The lowest BCUT2D eigenvalue weighted by molar-refractivity contribution is 0.250. The van der Waals surface area contributed by atoms with Gasteiger partial charge < -0.3 is 4.74 Å². The van der Waals surface area contributed by atoms with Gasteiger partial charge in [0, 0.05) is 11.8 Å². The Balaban J connectivity index is 1.33. The second-order valence-electron chi connectivity index (χ2n) is 11.6. The summed E-state index contributed by atoms with van der Waals surface area (Å²) in [6, 6.07) is 12.9. The van der Waals surface area contributed by atoms with E-state index in [1.807, 2.05) is 0 Å². The Morgan fingerprint density at radius 2 is 1.47 bits per heavy atom. The van der Waals surface area contributed by atoms with Crippen molar-refractivity contribution in [3.63, 3.8) is 0 Å². The normalized spacial score (nSPS) is 18.8. The lowest BCUT2D eigenvalue weighted by Crippen LogP contribution is -2.15. The zero-order valence-electron chi connectivity index (χ0n) is 23.6. The molecule has 0 unspecified atom stereocenters. The second-order valence-corrected chi connectivity index (χ2v) is 11.6. The van der Waals surface area contributed by atoms with Crippen LogP contribution in [0, 0.1) is 17.8 Å². The first-order chi connectivity index (χ1) is 17.7. The monoisotopic (exact) mass is 491 g/mol. The largest absolute Gasteiger partial charge is 0.494 e. The Bertz CT molecular complexity index is 804. The average Bonchev–Trinajstić information content (AvgIpc) is 2.92. The van der Waals surface area contributed by atoms with Crippen LogP contribution in [0.2, 0.25) is 0 Å². The molecule has 1 saturated carbocycles. The number of hydrogen-bond acceptors (Lipinski definition) is 2. The Labute approximate surface area is 222 Å². The molecule has 1 aliphatic carbocycles. The van der Waals surface area contributed by atoms with Crippen molar-refractivity contribution in [3.05, 3.63) is 48.2 Å². The second kappa shape index (κ2) is 16.8. The summed E-state index contributed by atoms with van der Waals surface area (Å²) >= 11 is 0. The van der Waals surface area contributed by atoms with Gasteiger partial charge in [-0.1, -0.05) is 104 Å². The first kappa shape index (κ1) is 28.7. The number of aryl methyl sites for hydroxylation is 1. The predicted molar refractivity (Wildman–Crippen MR) is 156 cm³/mol. The molecule has 0 bridgehead atoms. The van der Waals surface area contributed by atoms with E-state index < -0.39 is 0 Å². The van der Waals surface area contributed by atoms with Gasteiger partial charge in [0.2, 0.25) is 0 Å². The Morgan fingerprint density at radius 1 is 0.778 bits per heavy atom. The third-order valence-electron chi connectivity index (χ3n) is 8.41. The standard InChI is InChI=1S/C34H53NO/c1-4-6-8-9-11-28(3)12-10-26-36-33-23-21-32(22-24-33)34-25-20-31(27-35-34)19-18-30-16-14-29(15-17-30)13-7-5-2/h20-25,27-30H,4-19,26H2,1-3H3/t28-,29-,30-/m0/s1. The number of hydrogen-bond donors (Lipinski definition) is 0. The number of aromatic nitrogens is 1. The molecule has 36 heavy (non-hydrogen) atoms. The van der Waals surface area contributed by atoms with Gasteiger partial charge in [-0.2, -0.15) is 0 Å². The molecule has 1 aliphatic rings. The van der Waals surface area contributed by atoms with Crippen molar-refractivity contribution in [1.82, 2.24) is 4.98 Å². The number of benzene rings is 1. The summed E-state index contributed by atoms with van der Waals surface area (Å²) in [6.45, 7) is 7.79. The summed E-state index contributed by atoms with van der Waals surface area (Å²) in [6.07, 6.45) is 23.8. The summed E-state index contributed by atoms with van der Waals surface area (Å²) in [4.78, 5) is 4.78. The van der Waals surface area contributed by atoms with Crippen LogP contribution in [0.1, 0.15) is 123 Å². The lowest BCUT2D eigenvalue weighted by Gasteiger charge is -2.28. The molecule has 200 valence electrons. The third kappa shape index (κ3) is 10.7. The molecule has 1 fully saturated rings. The highest BCUT2D eigenvalue weighted by atomic mass is 16.5. The van der Waals surface area contributed by atoms with E-state index in [-0.39, 0.29) is 0 Å². The van der Waals surface area contributed by atoms with Gasteiger partial charge >= 0.3 is 0 Å². The van der Waals surface area contributed by atoms with Crippen LogP contribution in [-0.2, 0) is 6.42 Å². The first-order valence-corrected chi connectivity index (χ1v) is 15.4. The predicted octanol–water partition coefficient (Wildman–Crippen LogP) is 10.4. The van der Waals surface area contributed by atoms with E-state index in [0.29, 0.717) is 0 Å². The third-order valence-corrected chi connectivity index (χ3v) is 8.41. The van der Waals surface area contributed by atoms with Crippen LogP contribution in [0.5, 0.6) is 5.75 Å². The highest BCUT2D eigenvalue weighted by Crippen LogP contribution is 2.34. The van der Waals surface area contributed by atoms with Crippen LogP contribution < -0.4 is 4.74 Å². The summed E-state index contributed by atoms with van der Waals surface area (Å²) in [5.74, 6) is 3.71.